The van der Waals surface area contributed by atoms with Crippen LogP contribution in [-0.2, 0) is 24.8 Å². The summed E-state index contributed by atoms with van der Waals surface area (Å²) in [6.07, 6.45) is 1.44. The second kappa shape index (κ2) is 10.8. The highest BCUT2D eigenvalue weighted by Crippen LogP contribution is 2.26. The molecule has 4 rings (SSSR count). The maximum Gasteiger partial charge on any atom is 0.264 e. The Labute approximate surface area is 214 Å². The molecule has 1 aliphatic heterocycles. The van der Waals surface area contributed by atoms with Gasteiger partial charge in [-0.15, -0.1) is 0 Å². The highest BCUT2D eigenvalue weighted by atomic mass is 32.2. The van der Waals surface area contributed by atoms with Gasteiger partial charge in [0.1, 0.15) is 5.75 Å². The smallest absolute Gasteiger partial charge is 0.264 e. The number of anilines is 2. The van der Waals surface area contributed by atoms with Crippen LogP contribution in [0.4, 0.5) is 11.6 Å². The van der Waals surface area contributed by atoms with Crippen molar-refractivity contribution < 1.29 is 31.1 Å². The van der Waals surface area contributed by atoms with E-state index in [1.165, 1.54) is 60.1 Å². The fourth-order valence-electron chi connectivity index (χ4n) is 3.55. The third kappa shape index (κ3) is 6.05. The highest BCUT2D eigenvalue weighted by Gasteiger charge is 2.28. The first-order valence-corrected chi connectivity index (χ1v) is 14.0. The lowest BCUT2D eigenvalue weighted by Crippen LogP contribution is -2.40. The van der Waals surface area contributed by atoms with Crippen molar-refractivity contribution in [2.75, 3.05) is 43.5 Å². The lowest BCUT2D eigenvalue weighted by atomic mass is 10.2. The minimum atomic E-state index is -3.96. The van der Waals surface area contributed by atoms with E-state index >= 15 is 0 Å². The standard InChI is InChI=1S/C23H25N5O7S2/c1-16-9-10-24-23(25-16)27-36(30,31)18-5-3-17(4-6-18)26-22(29)20-15-19(7-8-21(20)34-2)37(32,33)28-11-13-35-14-12-28/h3-10,15H,11-14H2,1-2H3,(H,26,29)(H,24,25,27). The van der Waals surface area contributed by atoms with Gasteiger partial charge in [-0.1, -0.05) is 0 Å². The van der Waals surface area contributed by atoms with Crippen LogP contribution in [0.25, 0.3) is 0 Å². The largest absolute Gasteiger partial charge is 0.496 e. The summed E-state index contributed by atoms with van der Waals surface area (Å²) in [5, 5.41) is 2.64. The van der Waals surface area contributed by atoms with Crippen LogP contribution in [0, 0.1) is 6.92 Å². The average molecular weight is 548 g/mol. The molecule has 14 heteroatoms. The van der Waals surface area contributed by atoms with Gasteiger partial charge in [-0.25, -0.2) is 31.5 Å². The molecule has 1 saturated heterocycles. The van der Waals surface area contributed by atoms with Gasteiger partial charge in [-0.05, 0) is 55.5 Å². The van der Waals surface area contributed by atoms with Gasteiger partial charge < -0.3 is 14.8 Å². The summed E-state index contributed by atoms with van der Waals surface area (Å²) in [5.74, 6) is -0.505. The van der Waals surface area contributed by atoms with Crippen LogP contribution in [0.3, 0.4) is 0 Å². The molecule has 1 aliphatic rings. The molecule has 0 unspecified atom stereocenters. The third-order valence-corrected chi connectivity index (χ3v) is 8.71. The zero-order valence-corrected chi connectivity index (χ0v) is 21.7. The number of hydrogen-bond acceptors (Lipinski definition) is 9. The Kier molecular flexibility index (Phi) is 7.73. The number of nitrogens with one attached hydrogen (secondary N) is 2. The number of aryl methyl sites for hydroxylation is 1. The molecule has 0 saturated carbocycles. The van der Waals surface area contributed by atoms with Gasteiger partial charge in [0.15, 0.2) is 0 Å². The van der Waals surface area contributed by atoms with Crippen molar-refractivity contribution in [3.63, 3.8) is 0 Å². The van der Waals surface area contributed by atoms with E-state index in [0.717, 1.165) is 0 Å². The summed E-state index contributed by atoms with van der Waals surface area (Å²) >= 11 is 0. The van der Waals surface area contributed by atoms with Crippen LogP contribution in [0.5, 0.6) is 5.75 Å². The van der Waals surface area contributed by atoms with Crippen molar-refractivity contribution in [1.29, 1.82) is 0 Å². The van der Waals surface area contributed by atoms with Gasteiger partial charge in [0.05, 0.1) is 35.7 Å². The number of nitrogens with zero attached hydrogens (tertiary/aromatic N) is 3. The summed E-state index contributed by atoms with van der Waals surface area (Å²) < 4.78 is 65.4. The number of carbonyl (C=O) groups is 1. The first-order chi connectivity index (χ1) is 17.6. The van der Waals surface area contributed by atoms with Crippen molar-refractivity contribution in [3.05, 3.63) is 66.0 Å². The second-order valence-electron chi connectivity index (χ2n) is 7.98. The Morgan fingerprint density at radius 1 is 1.00 bits per heavy atom. The number of sulfonamides is 2. The second-order valence-corrected chi connectivity index (χ2v) is 11.6. The SMILES string of the molecule is COc1ccc(S(=O)(=O)N2CCOCC2)cc1C(=O)Nc1ccc(S(=O)(=O)Nc2nccc(C)n2)cc1. The van der Waals surface area contributed by atoms with E-state index in [9.17, 15) is 21.6 Å². The quantitative estimate of drug-likeness (QED) is 0.430. The van der Waals surface area contributed by atoms with Crippen LogP contribution in [0.1, 0.15) is 16.1 Å². The zero-order chi connectivity index (χ0) is 26.6. The molecule has 12 nitrogen and oxygen atoms in total. The molecule has 2 N–H and O–H groups in total. The monoisotopic (exact) mass is 547 g/mol. The van der Waals surface area contributed by atoms with Crippen molar-refractivity contribution >= 4 is 37.6 Å². The molecule has 196 valence electrons. The summed E-state index contributed by atoms with van der Waals surface area (Å²) in [5.41, 5.74) is 0.897. The predicted octanol–water partition coefficient (Wildman–Crippen LogP) is 1.87. The van der Waals surface area contributed by atoms with E-state index in [1.54, 1.807) is 13.0 Å². The number of carbonyl (C=O) groups excluding carboxylic acids is 1. The van der Waals surface area contributed by atoms with Crippen molar-refractivity contribution in [2.45, 2.75) is 16.7 Å². The molecule has 37 heavy (non-hydrogen) atoms. The van der Waals surface area contributed by atoms with Gasteiger partial charge in [-0.2, -0.15) is 4.31 Å². The van der Waals surface area contributed by atoms with Crippen molar-refractivity contribution in [3.8, 4) is 5.75 Å². The summed E-state index contributed by atoms with van der Waals surface area (Å²) in [6.45, 7) is 2.73. The van der Waals surface area contributed by atoms with E-state index in [0.29, 0.717) is 24.6 Å². The third-order valence-electron chi connectivity index (χ3n) is 5.47. The Balaban J connectivity index is 1.53. The summed E-state index contributed by atoms with van der Waals surface area (Å²) in [4.78, 5) is 20.8. The van der Waals surface area contributed by atoms with E-state index in [-0.39, 0.29) is 40.1 Å². The number of hydrogen-bond donors (Lipinski definition) is 2. The Hall–Kier alpha value is -3.59. The van der Waals surface area contributed by atoms with Gasteiger partial charge in [0.2, 0.25) is 16.0 Å². The topological polar surface area (TPSA) is 157 Å². The Bertz CT molecular complexity index is 1500. The minimum absolute atomic E-state index is 0.00629. The highest BCUT2D eigenvalue weighted by molar-refractivity contribution is 7.92. The van der Waals surface area contributed by atoms with Crippen LogP contribution < -0.4 is 14.8 Å². The number of aromatic nitrogens is 2. The van der Waals surface area contributed by atoms with Gasteiger partial charge >= 0.3 is 0 Å². The maximum atomic E-state index is 13.0. The molecule has 0 aliphatic carbocycles. The van der Waals surface area contributed by atoms with E-state index < -0.39 is 26.0 Å². The maximum absolute atomic E-state index is 13.0. The Morgan fingerprint density at radius 3 is 2.32 bits per heavy atom. The lowest BCUT2D eigenvalue weighted by Gasteiger charge is -2.26. The molecule has 1 amide bonds. The number of benzene rings is 2. The van der Waals surface area contributed by atoms with Crippen molar-refractivity contribution in [1.82, 2.24) is 14.3 Å². The lowest BCUT2D eigenvalue weighted by molar-refractivity contribution is 0.0730. The fourth-order valence-corrected chi connectivity index (χ4v) is 5.94. The number of methoxy groups -OCH3 is 1. The molecule has 2 aromatic carbocycles. The molecular formula is C23H25N5O7S2. The minimum Gasteiger partial charge on any atom is -0.496 e. The molecule has 0 bridgehead atoms. The fraction of sp³-hybridized carbons (Fsp3) is 0.261. The first kappa shape index (κ1) is 26.5. The summed E-state index contributed by atoms with van der Waals surface area (Å²) in [7, 11) is -6.42. The van der Waals surface area contributed by atoms with E-state index in [2.05, 4.69) is 20.0 Å². The summed E-state index contributed by atoms with van der Waals surface area (Å²) in [6, 6.07) is 11.1. The molecule has 0 spiro atoms. The number of morpholine rings is 1. The molecule has 0 radical (unpaired) electrons. The van der Waals surface area contributed by atoms with E-state index in [4.69, 9.17) is 9.47 Å². The normalized spacial score (nSPS) is 14.6. The van der Waals surface area contributed by atoms with Crippen LogP contribution in [-0.4, -0.2) is 70.4 Å². The molecule has 2 heterocycles. The van der Waals surface area contributed by atoms with Crippen LogP contribution in [0.2, 0.25) is 0 Å². The zero-order valence-electron chi connectivity index (χ0n) is 20.0. The average Bonchev–Trinajstić information content (AvgIpc) is 2.89. The van der Waals surface area contributed by atoms with Gasteiger partial charge in [-0.3, -0.25) is 4.79 Å². The van der Waals surface area contributed by atoms with Gasteiger partial charge in [0.25, 0.3) is 15.9 Å². The molecule has 1 aromatic heterocycles. The number of ether oxygens (including phenoxy) is 2. The van der Waals surface area contributed by atoms with Crippen LogP contribution >= 0.6 is 0 Å². The molecule has 1 fully saturated rings. The van der Waals surface area contributed by atoms with E-state index in [1.807, 2.05) is 0 Å². The molecule has 0 atom stereocenters. The van der Waals surface area contributed by atoms with Crippen LogP contribution in [0.15, 0.2) is 64.5 Å². The van der Waals surface area contributed by atoms with Gasteiger partial charge in [0, 0.05) is 30.7 Å². The Morgan fingerprint density at radius 2 is 1.68 bits per heavy atom. The van der Waals surface area contributed by atoms with Crippen molar-refractivity contribution in [2.24, 2.45) is 0 Å². The number of rotatable bonds is 8. The molecule has 3 aromatic rings. The predicted molar refractivity (Wildman–Crippen MR) is 135 cm³/mol. The molecular weight excluding hydrogens is 522 g/mol. The number of amides is 1. The first-order valence-electron chi connectivity index (χ1n) is 11.1.